The summed E-state index contributed by atoms with van der Waals surface area (Å²) in [6.45, 7) is 3.19. The van der Waals surface area contributed by atoms with Gasteiger partial charge in [-0.1, -0.05) is 12.0 Å². The molecule has 0 fully saturated rings. The summed E-state index contributed by atoms with van der Waals surface area (Å²) in [6, 6.07) is 4.44. The van der Waals surface area contributed by atoms with E-state index in [9.17, 15) is 8.78 Å². The van der Waals surface area contributed by atoms with Crippen molar-refractivity contribution in [2.24, 2.45) is 0 Å². The normalized spacial score (nSPS) is 15.2. The number of hydrogen-bond donors (Lipinski definition) is 2. The lowest BCUT2D eigenvalue weighted by molar-refractivity contribution is -0.286. The topological polar surface area (TPSA) is 81.4 Å². The minimum absolute atomic E-state index is 0.0242. The predicted molar refractivity (Wildman–Crippen MR) is 67.6 cm³/mol. The van der Waals surface area contributed by atoms with Crippen LogP contribution in [-0.4, -0.2) is 23.0 Å². The van der Waals surface area contributed by atoms with Crippen LogP contribution in [0.1, 0.15) is 12.8 Å². The maximum Gasteiger partial charge on any atom is 0.586 e. The molecule has 1 aliphatic rings. The third-order valence-corrected chi connectivity index (χ3v) is 2.65. The van der Waals surface area contributed by atoms with Crippen LogP contribution in [0.3, 0.4) is 0 Å². The lowest BCUT2D eigenvalue weighted by atomic mass is 10.3. The van der Waals surface area contributed by atoms with Crippen molar-refractivity contribution in [3.8, 4) is 11.5 Å². The summed E-state index contributed by atoms with van der Waals surface area (Å²) in [7, 11) is 0. The Kier molecular flexibility index (Phi) is 3.34. The summed E-state index contributed by atoms with van der Waals surface area (Å²) in [5.41, 5.74) is 0.466. The molecule has 1 aromatic carbocycles. The molecule has 2 N–H and O–H groups in total. The molecule has 0 atom stereocenters. The monoisotopic (exact) mass is 298 g/mol. The third-order valence-electron chi connectivity index (χ3n) is 2.65. The molecule has 0 saturated heterocycles. The number of benzene rings is 1. The molecule has 0 spiro atoms. The molecule has 1 aromatic heterocycles. The van der Waals surface area contributed by atoms with Crippen LogP contribution < -0.4 is 20.1 Å². The van der Waals surface area contributed by atoms with Crippen LogP contribution in [0.15, 0.2) is 22.6 Å². The predicted octanol–water partition coefficient (Wildman–Crippen LogP) is 2.24. The number of hydrogen-bond acceptors (Lipinski definition) is 7. The van der Waals surface area contributed by atoms with Gasteiger partial charge >= 0.3 is 12.3 Å². The van der Waals surface area contributed by atoms with Gasteiger partial charge in [0.25, 0.3) is 0 Å². The molecule has 2 heterocycles. The SMILES string of the molecule is CCNCc1nnc(Nc2ccc3c(c2)OC(F)(F)O3)o1. The molecule has 7 nitrogen and oxygen atoms in total. The van der Waals surface area contributed by atoms with Gasteiger partial charge in [0, 0.05) is 11.8 Å². The van der Waals surface area contributed by atoms with E-state index >= 15 is 0 Å². The van der Waals surface area contributed by atoms with E-state index in [2.05, 4.69) is 30.3 Å². The van der Waals surface area contributed by atoms with Crippen molar-refractivity contribution in [2.75, 3.05) is 11.9 Å². The smallest absolute Gasteiger partial charge is 0.406 e. The highest BCUT2D eigenvalue weighted by Crippen LogP contribution is 2.42. The molecule has 0 radical (unpaired) electrons. The first-order chi connectivity index (χ1) is 10.1. The largest absolute Gasteiger partial charge is 0.586 e. The van der Waals surface area contributed by atoms with Crippen molar-refractivity contribution in [2.45, 2.75) is 19.8 Å². The average molecular weight is 298 g/mol. The molecule has 0 unspecified atom stereocenters. The summed E-state index contributed by atoms with van der Waals surface area (Å²) in [6.07, 6.45) is -3.63. The molecule has 112 valence electrons. The van der Waals surface area contributed by atoms with Crippen molar-refractivity contribution >= 4 is 11.7 Å². The summed E-state index contributed by atoms with van der Waals surface area (Å²) >= 11 is 0. The zero-order valence-corrected chi connectivity index (χ0v) is 11.0. The van der Waals surface area contributed by atoms with Gasteiger partial charge in [-0.3, -0.25) is 0 Å². The number of aromatic nitrogens is 2. The van der Waals surface area contributed by atoms with E-state index in [1.165, 1.54) is 18.2 Å². The number of anilines is 2. The van der Waals surface area contributed by atoms with Gasteiger partial charge in [0.2, 0.25) is 5.89 Å². The van der Waals surface area contributed by atoms with Gasteiger partial charge in [-0.2, -0.15) is 0 Å². The van der Waals surface area contributed by atoms with Crippen LogP contribution in [0.5, 0.6) is 11.5 Å². The Morgan fingerprint density at radius 1 is 1.19 bits per heavy atom. The number of fused-ring (bicyclic) bond motifs is 1. The van der Waals surface area contributed by atoms with Crippen molar-refractivity contribution in [1.82, 2.24) is 15.5 Å². The van der Waals surface area contributed by atoms with E-state index in [1.807, 2.05) is 6.92 Å². The molecule has 1 aliphatic heterocycles. The lowest BCUT2D eigenvalue weighted by Gasteiger charge is -2.04. The minimum atomic E-state index is -3.63. The molecule has 3 rings (SSSR count). The first-order valence-corrected chi connectivity index (χ1v) is 6.26. The molecule has 0 aliphatic carbocycles. The van der Waals surface area contributed by atoms with Crippen LogP contribution in [0, 0.1) is 0 Å². The van der Waals surface area contributed by atoms with Gasteiger partial charge in [-0.05, 0) is 18.7 Å². The van der Waals surface area contributed by atoms with Gasteiger partial charge in [-0.15, -0.1) is 13.9 Å². The Morgan fingerprint density at radius 2 is 2.00 bits per heavy atom. The van der Waals surface area contributed by atoms with E-state index in [0.717, 1.165) is 6.54 Å². The van der Waals surface area contributed by atoms with Gasteiger partial charge in [-0.25, -0.2) is 0 Å². The van der Waals surface area contributed by atoms with Crippen LogP contribution in [-0.2, 0) is 6.54 Å². The first kappa shape index (κ1) is 13.6. The average Bonchev–Trinajstić information content (AvgIpc) is 2.98. The van der Waals surface area contributed by atoms with Gasteiger partial charge in [0.1, 0.15) is 0 Å². The van der Waals surface area contributed by atoms with Crippen LogP contribution >= 0.6 is 0 Å². The molecule has 0 amide bonds. The summed E-state index contributed by atoms with van der Waals surface area (Å²) in [4.78, 5) is 0. The Balaban J connectivity index is 1.70. The molecular formula is C12H12F2N4O3. The Labute approximate surface area is 118 Å². The lowest BCUT2D eigenvalue weighted by Crippen LogP contribution is -2.25. The van der Waals surface area contributed by atoms with Crippen molar-refractivity contribution in [3.05, 3.63) is 24.1 Å². The quantitative estimate of drug-likeness (QED) is 0.876. The molecule has 2 aromatic rings. The maximum atomic E-state index is 12.9. The molecule has 21 heavy (non-hydrogen) atoms. The van der Waals surface area contributed by atoms with E-state index in [1.54, 1.807) is 0 Å². The summed E-state index contributed by atoms with van der Waals surface area (Å²) in [5, 5.41) is 13.5. The van der Waals surface area contributed by atoms with Gasteiger partial charge < -0.3 is 24.5 Å². The number of halogens is 2. The molecule has 0 saturated carbocycles. The van der Waals surface area contributed by atoms with Gasteiger partial charge in [0.15, 0.2) is 11.5 Å². The standard InChI is InChI=1S/C12H12F2N4O3/c1-2-15-6-10-17-18-11(19-10)16-7-3-4-8-9(5-7)21-12(13,14)20-8/h3-5,15H,2,6H2,1H3,(H,16,18). The summed E-state index contributed by atoms with van der Waals surface area (Å²) < 4.78 is 39.8. The van der Waals surface area contributed by atoms with Crippen LogP contribution in [0.25, 0.3) is 0 Å². The van der Waals surface area contributed by atoms with E-state index in [-0.39, 0.29) is 17.5 Å². The Hall–Kier alpha value is -2.42. The second kappa shape index (κ2) is 5.17. The fourth-order valence-electron chi connectivity index (χ4n) is 1.76. The number of nitrogens with zero attached hydrogens (tertiary/aromatic N) is 2. The zero-order chi connectivity index (χ0) is 14.9. The number of alkyl halides is 2. The fourth-order valence-corrected chi connectivity index (χ4v) is 1.76. The number of ether oxygens (including phenoxy) is 2. The van der Waals surface area contributed by atoms with Crippen LogP contribution in [0.4, 0.5) is 20.5 Å². The molecule has 9 heteroatoms. The zero-order valence-electron chi connectivity index (χ0n) is 11.0. The first-order valence-electron chi connectivity index (χ1n) is 6.26. The molecule has 0 bridgehead atoms. The second-order valence-corrected chi connectivity index (χ2v) is 4.24. The number of rotatable bonds is 5. The maximum absolute atomic E-state index is 12.9. The highest BCUT2D eigenvalue weighted by Gasteiger charge is 2.43. The van der Waals surface area contributed by atoms with Crippen LogP contribution in [0.2, 0.25) is 0 Å². The highest BCUT2D eigenvalue weighted by atomic mass is 19.3. The highest BCUT2D eigenvalue weighted by molar-refractivity contribution is 5.59. The molecular weight excluding hydrogens is 286 g/mol. The Bertz CT molecular complexity index is 647. The fraction of sp³-hybridized carbons (Fsp3) is 0.333. The summed E-state index contributed by atoms with van der Waals surface area (Å²) in [5.74, 6) is 0.341. The van der Waals surface area contributed by atoms with Crippen molar-refractivity contribution in [1.29, 1.82) is 0 Å². The third kappa shape index (κ3) is 3.02. The van der Waals surface area contributed by atoms with E-state index in [4.69, 9.17) is 4.42 Å². The second-order valence-electron chi connectivity index (χ2n) is 4.24. The van der Waals surface area contributed by atoms with E-state index < -0.39 is 6.29 Å². The Morgan fingerprint density at radius 3 is 2.81 bits per heavy atom. The minimum Gasteiger partial charge on any atom is -0.406 e. The van der Waals surface area contributed by atoms with E-state index in [0.29, 0.717) is 18.1 Å². The van der Waals surface area contributed by atoms with Gasteiger partial charge in [0.05, 0.1) is 6.54 Å². The van der Waals surface area contributed by atoms with Crippen molar-refractivity contribution in [3.63, 3.8) is 0 Å². The number of nitrogens with one attached hydrogen (secondary N) is 2. The van der Waals surface area contributed by atoms with Crippen molar-refractivity contribution < 1.29 is 22.7 Å².